The molecule has 1 spiro atoms. The van der Waals surface area contributed by atoms with Crippen molar-refractivity contribution in [3.05, 3.63) is 71.4 Å². The summed E-state index contributed by atoms with van der Waals surface area (Å²) in [5.74, 6) is -0.112. The summed E-state index contributed by atoms with van der Waals surface area (Å²) in [6.45, 7) is 3.28. The molecular weight excluding hydrogens is 362 g/mol. The Kier molecular flexibility index (Phi) is 4.64. The number of para-hydroxylation sites is 1. The Labute approximate surface area is 171 Å². The molecule has 5 heteroatoms. The van der Waals surface area contributed by atoms with Gasteiger partial charge in [-0.2, -0.15) is 0 Å². The van der Waals surface area contributed by atoms with Gasteiger partial charge in [0.05, 0.1) is 38.7 Å². The van der Waals surface area contributed by atoms with E-state index in [1.54, 1.807) is 4.90 Å². The van der Waals surface area contributed by atoms with Crippen LogP contribution in [0.1, 0.15) is 29.7 Å². The number of carbonyl (C=O) groups is 1. The second-order valence-corrected chi connectivity index (χ2v) is 8.59. The van der Waals surface area contributed by atoms with Crippen molar-refractivity contribution >= 4 is 16.9 Å². The largest absolute Gasteiger partial charge is 0.465 e. The lowest BCUT2D eigenvalue weighted by molar-refractivity contribution is -0.933. The summed E-state index contributed by atoms with van der Waals surface area (Å²) in [6.07, 6.45) is 2.85. The number of methoxy groups -OCH3 is 1. The minimum Gasteiger partial charge on any atom is -0.465 e. The summed E-state index contributed by atoms with van der Waals surface area (Å²) in [7, 11) is 1.50. The monoisotopic (exact) mass is 391 g/mol. The molecule has 2 aliphatic rings. The Morgan fingerprint density at radius 3 is 2.62 bits per heavy atom. The molecule has 1 fully saturated rings. The summed E-state index contributed by atoms with van der Waals surface area (Å²) >= 11 is 0. The van der Waals surface area contributed by atoms with Crippen molar-refractivity contribution < 1.29 is 19.7 Å². The summed E-state index contributed by atoms with van der Waals surface area (Å²) in [4.78, 5) is 17.8. The van der Waals surface area contributed by atoms with Gasteiger partial charge < -0.3 is 19.9 Å². The third kappa shape index (κ3) is 3.24. The van der Waals surface area contributed by atoms with E-state index in [1.807, 2.05) is 0 Å². The Morgan fingerprint density at radius 2 is 1.86 bits per heavy atom. The Morgan fingerprint density at radius 1 is 1.14 bits per heavy atom. The zero-order chi connectivity index (χ0) is 19.8. The third-order valence-electron chi connectivity index (χ3n) is 6.91. The lowest BCUT2D eigenvalue weighted by Crippen LogP contribution is -3.15. The molecule has 2 aromatic carbocycles. The number of quaternary nitrogens is 2. The van der Waals surface area contributed by atoms with Crippen molar-refractivity contribution in [2.45, 2.75) is 37.4 Å². The number of ether oxygens (including phenoxy) is 1. The number of nitrogens with two attached hydrogens (primary N) is 1. The molecule has 5 nitrogen and oxygen atoms in total. The molecule has 29 heavy (non-hydrogen) atoms. The Hall–Kier alpha value is -2.63. The first-order chi connectivity index (χ1) is 14.2. The van der Waals surface area contributed by atoms with E-state index in [-0.39, 0.29) is 17.6 Å². The first-order valence-corrected chi connectivity index (χ1v) is 10.6. The standard InChI is InChI=1S/C24H27N3O2/c1-29-23(28)21-15-19-18-9-5-6-10-20(18)25-22(19)24(26-21)11-13-27(14-12-24)16-17-7-3-2-4-8-17/h2-10,21,25-26H,11-16H2,1H3/p+2/t21-/m0/s1. The van der Waals surface area contributed by atoms with Crippen LogP contribution in [0.2, 0.25) is 0 Å². The van der Waals surface area contributed by atoms with Crippen LogP contribution in [-0.4, -0.2) is 37.2 Å². The minimum absolute atomic E-state index is 0.0638. The molecule has 3 aromatic rings. The maximum absolute atomic E-state index is 12.5. The average molecular weight is 392 g/mol. The first-order valence-electron chi connectivity index (χ1n) is 10.6. The van der Waals surface area contributed by atoms with Gasteiger partial charge in [0.25, 0.3) is 0 Å². The van der Waals surface area contributed by atoms with Gasteiger partial charge in [-0.15, -0.1) is 0 Å². The van der Waals surface area contributed by atoms with Crippen LogP contribution in [0, 0.1) is 0 Å². The van der Waals surface area contributed by atoms with Crippen LogP contribution in [0.3, 0.4) is 0 Å². The molecule has 0 bridgehead atoms. The molecule has 2 aliphatic heterocycles. The molecule has 1 aromatic heterocycles. The number of esters is 1. The van der Waals surface area contributed by atoms with E-state index >= 15 is 0 Å². The highest BCUT2D eigenvalue weighted by atomic mass is 16.5. The SMILES string of the molecule is COC(=O)[C@@H]1Cc2c([nH]c3ccccc23)C2(CC[NH+](Cc3ccccc3)CC2)[NH2+]1. The highest BCUT2D eigenvalue weighted by Crippen LogP contribution is 2.36. The first kappa shape index (κ1) is 18.4. The van der Waals surface area contributed by atoms with Crippen molar-refractivity contribution in [1.82, 2.24) is 4.98 Å². The van der Waals surface area contributed by atoms with Crippen molar-refractivity contribution in [1.29, 1.82) is 0 Å². The van der Waals surface area contributed by atoms with Gasteiger partial charge in [-0.05, 0) is 11.6 Å². The van der Waals surface area contributed by atoms with E-state index in [0.717, 1.165) is 38.9 Å². The highest BCUT2D eigenvalue weighted by molar-refractivity contribution is 5.86. The molecule has 1 saturated heterocycles. The smallest absolute Gasteiger partial charge is 0.364 e. The number of H-pyrrole nitrogens is 1. The number of likely N-dealkylation sites (tertiary alicyclic amines) is 1. The number of fused-ring (bicyclic) bond motifs is 4. The molecule has 0 aliphatic carbocycles. The fraction of sp³-hybridized carbons (Fsp3) is 0.375. The maximum atomic E-state index is 12.5. The lowest BCUT2D eigenvalue weighted by Gasteiger charge is -2.42. The van der Waals surface area contributed by atoms with Crippen molar-refractivity contribution in [2.24, 2.45) is 0 Å². The number of benzene rings is 2. The van der Waals surface area contributed by atoms with Gasteiger partial charge in [-0.3, -0.25) is 0 Å². The van der Waals surface area contributed by atoms with Crippen LogP contribution in [0.25, 0.3) is 10.9 Å². The van der Waals surface area contributed by atoms with Gasteiger partial charge in [0.1, 0.15) is 12.1 Å². The van der Waals surface area contributed by atoms with Gasteiger partial charge in [0, 0.05) is 22.9 Å². The van der Waals surface area contributed by atoms with Crippen molar-refractivity contribution in [2.75, 3.05) is 20.2 Å². The van der Waals surface area contributed by atoms with E-state index in [4.69, 9.17) is 4.74 Å². The number of aromatic nitrogens is 1. The van der Waals surface area contributed by atoms with Crippen LogP contribution in [-0.2, 0) is 28.0 Å². The number of nitrogens with one attached hydrogen (secondary N) is 2. The van der Waals surface area contributed by atoms with Crippen LogP contribution in [0.4, 0.5) is 0 Å². The van der Waals surface area contributed by atoms with Crippen LogP contribution in [0.15, 0.2) is 54.6 Å². The molecule has 0 radical (unpaired) electrons. The molecule has 5 rings (SSSR count). The van der Waals surface area contributed by atoms with Crippen molar-refractivity contribution in [3.63, 3.8) is 0 Å². The van der Waals surface area contributed by atoms with Gasteiger partial charge >= 0.3 is 5.97 Å². The average Bonchev–Trinajstić information content (AvgIpc) is 3.15. The Balaban J connectivity index is 1.45. The summed E-state index contributed by atoms with van der Waals surface area (Å²) in [6, 6.07) is 19.1. The zero-order valence-corrected chi connectivity index (χ0v) is 16.9. The fourth-order valence-electron chi connectivity index (χ4n) is 5.41. The molecule has 3 heterocycles. The van der Waals surface area contributed by atoms with Crippen molar-refractivity contribution in [3.8, 4) is 0 Å². The number of hydrogen-bond acceptors (Lipinski definition) is 2. The molecule has 4 N–H and O–H groups in total. The van der Waals surface area contributed by atoms with Gasteiger partial charge in [0.15, 0.2) is 6.04 Å². The minimum atomic E-state index is -0.164. The van der Waals surface area contributed by atoms with Crippen LogP contribution in [0.5, 0.6) is 0 Å². The van der Waals surface area contributed by atoms with E-state index in [9.17, 15) is 4.79 Å². The van der Waals surface area contributed by atoms with E-state index in [1.165, 1.54) is 34.8 Å². The van der Waals surface area contributed by atoms with E-state index < -0.39 is 0 Å². The van der Waals surface area contributed by atoms with Gasteiger partial charge in [0.2, 0.25) is 0 Å². The van der Waals surface area contributed by atoms with Gasteiger partial charge in [-0.25, -0.2) is 4.79 Å². The molecule has 0 saturated carbocycles. The van der Waals surface area contributed by atoms with Gasteiger partial charge in [-0.1, -0.05) is 48.5 Å². The molecule has 150 valence electrons. The van der Waals surface area contributed by atoms with E-state index in [0.29, 0.717) is 0 Å². The number of rotatable bonds is 3. The summed E-state index contributed by atoms with van der Waals surface area (Å²) < 4.78 is 5.14. The maximum Gasteiger partial charge on any atom is 0.364 e. The molecule has 0 unspecified atom stereocenters. The summed E-state index contributed by atoms with van der Waals surface area (Å²) in [5.41, 5.74) is 5.15. The molecular formula is C24H29N3O2+2. The predicted molar refractivity (Wildman–Crippen MR) is 111 cm³/mol. The zero-order valence-electron chi connectivity index (χ0n) is 16.9. The fourth-order valence-corrected chi connectivity index (χ4v) is 5.41. The van der Waals surface area contributed by atoms with Crippen LogP contribution < -0.4 is 10.2 Å². The quantitative estimate of drug-likeness (QED) is 0.581. The summed E-state index contributed by atoms with van der Waals surface area (Å²) in [5, 5.41) is 3.55. The number of carbonyl (C=O) groups excluding carboxylic acids is 1. The topological polar surface area (TPSA) is 63.1 Å². The van der Waals surface area contributed by atoms with Crippen LogP contribution >= 0.6 is 0 Å². The normalized spacial score (nSPS) is 26.4. The Bertz CT molecular complexity index is 1020. The van der Waals surface area contributed by atoms with E-state index in [2.05, 4.69) is 64.9 Å². The number of piperidine rings is 1. The number of aromatic amines is 1. The molecule has 0 amide bonds. The predicted octanol–water partition coefficient (Wildman–Crippen LogP) is 0.903. The second-order valence-electron chi connectivity index (χ2n) is 8.59. The highest BCUT2D eigenvalue weighted by Gasteiger charge is 2.51. The number of hydrogen-bond donors (Lipinski definition) is 3. The molecule has 1 atom stereocenters. The third-order valence-corrected chi connectivity index (χ3v) is 6.91. The second kappa shape index (κ2) is 7.32. The lowest BCUT2D eigenvalue weighted by atomic mass is 9.77.